The summed E-state index contributed by atoms with van der Waals surface area (Å²) in [5, 5.41) is 3.41. The minimum absolute atomic E-state index is 0.185. The number of piperidine rings is 3. The van der Waals surface area contributed by atoms with Gasteiger partial charge in [-0.25, -0.2) is 13.1 Å². The van der Waals surface area contributed by atoms with E-state index in [-0.39, 0.29) is 5.75 Å². The van der Waals surface area contributed by atoms with Crippen molar-refractivity contribution >= 4 is 10.0 Å². The average molecular weight is 261 g/mol. The summed E-state index contributed by atoms with van der Waals surface area (Å²) in [5.74, 6) is 0.936. The molecule has 3 heterocycles. The Morgan fingerprint density at radius 2 is 2.00 bits per heavy atom. The highest BCUT2D eigenvalue weighted by molar-refractivity contribution is 7.89. The molecular weight excluding hydrogens is 238 g/mol. The largest absolute Gasteiger partial charge is 0.311 e. The van der Waals surface area contributed by atoms with E-state index in [0.29, 0.717) is 19.1 Å². The smallest absolute Gasteiger partial charge is 0.212 e. The van der Waals surface area contributed by atoms with Crippen LogP contribution in [0.2, 0.25) is 0 Å². The predicted octanol–water partition coefficient (Wildman–Crippen LogP) is -0.390. The Labute approximate surface area is 104 Å². The fraction of sp³-hybridized carbons (Fsp3) is 1.00. The molecule has 3 aliphatic rings. The summed E-state index contributed by atoms with van der Waals surface area (Å²) >= 11 is 0. The molecule has 17 heavy (non-hydrogen) atoms. The first-order valence-electron chi connectivity index (χ1n) is 6.54. The lowest BCUT2D eigenvalue weighted by molar-refractivity contribution is 0.0738. The summed E-state index contributed by atoms with van der Waals surface area (Å²) in [6, 6.07) is 0.495. The van der Waals surface area contributed by atoms with Gasteiger partial charge in [-0.05, 0) is 31.8 Å². The fourth-order valence-electron chi connectivity index (χ4n) is 2.87. The highest BCUT2D eigenvalue weighted by Crippen LogP contribution is 2.27. The second-order valence-corrected chi connectivity index (χ2v) is 6.94. The second kappa shape index (κ2) is 5.65. The van der Waals surface area contributed by atoms with Crippen molar-refractivity contribution in [3.05, 3.63) is 0 Å². The normalized spacial score (nSPS) is 32.9. The van der Waals surface area contributed by atoms with Gasteiger partial charge < -0.3 is 10.2 Å². The monoisotopic (exact) mass is 261 g/mol. The number of hydrogen-bond donors (Lipinski definition) is 2. The fourth-order valence-corrected chi connectivity index (χ4v) is 3.84. The van der Waals surface area contributed by atoms with Crippen LogP contribution in [0, 0.1) is 5.92 Å². The van der Waals surface area contributed by atoms with Crippen LogP contribution >= 0.6 is 0 Å². The molecule has 1 unspecified atom stereocenters. The number of rotatable bonds is 6. The van der Waals surface area contributed by atoms with Crippen molar-refractivity contribution in [2.45, 2.75) is 25.8 Å². The molecule has 100 valence electrons. The van der Waals surface area contributed by atoms with Crippen molar-refractivity contribution in [3.63, 3.8) is 0 Å². The van der Waals surface area contributed by atoms with E-state index < -0.39 is 10.0 Å². The van der Waals surface area contributed by atoms with Crippen molar-refractivity contribution in [3.8, 4) is 0 Å². The summed E-state index contributed by atoms with van der Waals surface area (Å²) in [6.07, 6.45) is 2.52. The van der Waals surface area contributed by atoms with Crippen LogP contribution in [0.5, 0.6) is 0 Å². The van der Waals surface area contributed by atoms with E-state index in [1.165, 1.54) is 25.9 Å². The molecule has 0 aliphatic carbocycles. The molecular formula is C11H23N3O2S. The highest BCUT2D eigenvalue weighted by Gasteiger charge is 2.33. The molecule has 0 saturated carbocycles. The lowest BCUT2D eigenvalue weighted by atomic mass is 9.84. The molecule has 0 aromatic carbocycles. The Balaban J connectivity index is 1.72. The van der Waals surface area contributed by atoms with Gasteiger partial charge in [-0.1, -0.05) is 6.92 Å². The minimum Gasteiger partial charge on any atom is -0.311 e. The molecule has 2 bridgehead atoms. The number of nitrogens with zero attached hydrogens (tertiary/aromatic N) is 1. The third kappa shape index (κ3) is 3.64. The van der Waals surface area contributed by atoms with Gasteiger partial charge in [-0.15, -0.1) is 0 Å². The SMILES string of the molecule is CCNS(=O)(=O)CCNC1CN2CCC1CC2. The summed E-state index contributed by atoms with van der Waals surface area (Å²) in [7, 11) is -3.07. The molecule has 3 aliphatic heterocycles. The summed E-state index contributed by atoms with van der Waals surface area (Å²) in [5.41, 5.74) is 0. The van der Waals surface area contributed by atoms with Crippen LogP contribution in [0.3, 0.4) is 0 Å². The topological polar surface area (TPSA) is 61.4 Å². The van der Waals surface area contributed by atoms with Crippen LogP contribution in [0.25, 0.3) is 0 Å². The van der Waals surface area contributed by atoms with Crippen LogP contribution in [-0.2, 0) is 10.0 Å². The van der Waals surface area contributed by atoms with Crippen LogP contribution in [0.4, 0.5) is 0 Å². The number of sulfonamides is 1. The van der Waals surface area contributed by atoms with Gasteiger partial charge >= 0.3 is 0 Å². The zero-order chi connectivity index (χ0) is 12.3. The first kappa shape index (κ1) is 13.3. The quantitative estimate of drug-likeness (QED) is 0.683. The van der Waals surface area contributed by atoms with Gasteiger partial charge in [0.1, 0.15) is 0 Å². The van der Waals surface area contributed by atoms with Gasteiger partial charge in [0.25, 0.3) is 0 Å². The second-order valence-electron chi connectivity index (χ2n) is 5.02. The van der Waals surface area contributed by atoms with E-state index >= 15 is 0 Å². The first-order valence-corrected chi connectivity index (χ1v) is 8.19. The van der Waals surface area contributed by atoms with Gasteiger partial charge in [0.2, 0.25) is 10.0 Å². The molecule has 5 nitrogen and oxygen atoms in total. The molecule has 1 atom stereocenters. The van der Waals surface area contributed by atoms with E-state index in [1.807, 2.05) is 0 Å². The molecule has 2 N–H and O–H groups in total. The lowest BCUT2D eigenvalue weighted by Gasteiger charge is -2.45. The maximum absolute atomic E-state index is 11.5. The van der Waals surface area contributed by atoms with E-state index in [2.05, 4.69) is 14.9 Å². The Hall–Kier alpha value is -0.170. The minimum atomic E-state index is -3.07. The van der Waals surface area contributed by atoms with E-state index in [9.17, 15) is 8.42 Å². The van der Waals surface area contributed by atoms with Crippen LogP contribution in [0.15, 0.2) is 0 Å². The van der Waals surface area contributed by atoms with E-state index in [1.54, 1.807) is 6.92 Å². The molecule has 0 aromatic heterocycles. The number of hydrogen-bond acceptors (Lipinski definition) is 4. The molecule has 3 rings (SSSR count). The molecule has 0 amide bonds. The maximum atomic E-state index is 11.5. The lowest BCUT2D eigenvalue weighted by Crippen LogP contribution is -2.56. The average Bonchev–Trinajstić information content (AvgIpc) is 2.30. The Morgan fingerprint density at radius 3 is 2.53 bits per heavy atom. The highest BCUT2D eigenvalue weighted by atomic mass is 32.2. The molecule has 3 fully saturated rings. The van der Waals surface area contributed by atoms with Gasteiger partial charge in [0.05, 0.1) is 5.75 Å². The van der Waals surface area contributed by atoms with Gasteiger partial charge in [-0.3, -0.25) is 0 Å². The van der Waals surface area contributed by atoms with Crippen molar-refractivity contribution in [1.29, 1.82) is 0 Å². The molecule has 0 spiro atoms. The third-order valence-corrected chi connectivity index (χ3v) is 5.27. The number of fused-ring (bicyclic) bond motifs is 3. The van der Waals surface area contributed by atoms with E-state index in [0.717, 1.165) is 12.5 Å². The van der Waals surface area contributed by atoms with Crippen LogP contribution < -0.4 is 10.0 Å². The van der Waals surface area contributed by atoms with Crippen molar-refractivity contribution in [1.82, 2.24) is 14.9 Å². The van der Waals surface area contributed by atoms with Crippen LogP contribution in [0.1, 0.15) is 19.8 Å². The number of nitrogens with one attached hydrogen (secondary N) is 2. The Morgan fingerprint density at radius 1 is 1.29 bits per heavy atom. The van der Waals surface area contributed by atoms with Gasteiger partial charge in [0.15, 0.2) is 0 Å². The zero-order valence-electron chi connectivity index (χ0n) is 10.5. The molecule has 6 heteroatoms. The van der Waals surface area contributed by atoms with Crippen molar-refractivity contribution in [2.75, 3.05) is 38.5 Å². The van der Waals surface area contributed by atoms with Crippen molar-refractivity contribution in [2.24, 2.45) is 5.92 Å². The Bertz CT molecular complexity index is 337. The van der Waals surface area contributed by atoms with Gasteiger partial charge in [0, 0.05) is 25.7 Å². The summed E-state index contributed by atoms with van der Waals surface area (Å²) in [6.45, 7) is 6.37. The van der Waals surface area contributed by atoms with Gasteiger partial charge in [-0.2, -0.15) is 0 Å². The molecule has 0 aromatic rings. The van der Waals surface area contributed by atoms with E-state index in [4.69, 9.17) is 0 Å². The summed E-state index contributed by atoms with van der Waals surface area (Å²) in [4.78, 5) is 2.47. The third-order valence-electron chi connectivity index (χ3n) is 3.80. The summed E-state index contributed by atoms with van der Waals surface area (Å²) < 4.78 is 25.5. The molecule has 0 radical (unpaired) electrons. The first-order chi connectivity index (χ1) is 8.11. The Kier molecular flexibility index (Phi) is 4.41. The maximum Gasteiger partial charge on any atom is 0.212 e. The van der Waals surface area contributed by atoms with Crippen molar-refractivity contribution < 1.29 is 8.42 Å². The molecule has 3 saturated heterocycles. The van der Waals surface area contributed by atoms with Crippen LogP contribution in [-0.4, -0.2) is 57.8 Å². The predicted molar refractivity (Wildman–Crippen MR) is 68.4 cm³/mol. The zero-order valence-corrected chi connectivity index (χ0v) is 11.3. The standard InChI is InChI=1S/C11H23N3O2S/c1-2-13-17(15,16)8-5-12-11-9-14-6-3-10(11)4-7-14/h10-13H,2-9H2,1H3.